The van der Waals surface area contributed by atoms with Crippen LogP contribution in [0.2, 0.25) is 0 Å². The van der Waals surface area contributed by atoms with Crippen LogP contribution in [0.1, 0.15) is 24.0 Å². The molecule has 4 rings (SSSR count). The van der Waals surface area contributed by atoms with Crippen LogP contribution in [0.25, 0.3) is 10.9 Å². The fraction of sp³-hybridized carbons (Fsp3) is 0.500. The molecule has 2 atom stereocenters. The first-order chi connectivity index (χ1) is 9.26. The van der Waals surface area contributed by atoms with Crippen LogP contribution in [-0.4, -0.2) is 36.6 Å². The van der Waals surface area contributed by atoms with Gasteiger partial charge < -0.3 is 9.72 Å². The molecule has 1 saturated heterocycles. The monoisotopic (exact) mass is 256 g/mol. The summed E-state index contributed by atoms with van der Waals surface area (Å²) >= 11 is 0. The zero-order valence-corrected chi connectivity index (χ0v) is 11.6. The molecule has 100 valence electrons. The van der Waals surface area contributed by atoms with Gasteiger partial charge in [-0.25, -0.2) is 0 Å². The maximum atomic E-state index is 6.11. The van der Waals surface area contributed by atoms with Crippen LogP contribution in [0, 0.1) is 0 Å². The topological polar surface area (TPSA) is 28.3 Å². The van der Waals surface area contributed by atoms with Gasteiger partial charge in [-0.1, -0.05) is 12.1 Å². The largest absolute Gasteiger partial charge is 0.372 e. The van der Waals surface area contributed by atoms with Crippen LogP contribution in [-0.2, 0) is 16.8 Å². The minimum absolute atomic E-state index is 0.123. The number of likely N-dealkylation sites (N-methyl/N-ethyl adjacent to an activating group) is 1. The second kappa shape index (κ2) is 3.84. The molecule has 0 spiro atoms. The Balaban J connectivity index is 2.02. The quantitative estimate of drug-likeness (QED) is 0.849. The van der Waals surface area contributed by atoms with Crippen LogP contribution in [0.15, 0.2) is 24.4 Å². The van der Waals surface area contributed by atoms with Crippen molar-refractivity contribution in [2.45, 2.75) is 30.9 Å². The molecule has 1 aromatic carbocycles. The van der Waals surface area contributed by atoms with E-state index in [2.05, 4.69) is 41.3 Å². The lowest BCUT2D eigenvalue weighted by molar-refractivity contribution is -0.108. The zero-order chi connectivity index (χ0) is 13.0. The number of likely N-dealkylation sites (tertiary alicyclic amines) is 1. The number of methoxy groups -OCH3 is 1. The molecule has 1 N–H and O–H groups in total. The zero-order valence-electron chi connectivity index (χ0n) is 11.6. The van der Waals surface area contributed by atoms with Crippen molar-refractivity contribution in [1.29, 1.82) is 0 Å². The van der Waals surface area contributed by atoms with E-state index in [-0.39, 0.29) is 5.60 Å². The third kappa shape index (κ3) is 1.35. The average molecular weight is 256 g/mol. The molecule has 2 aliphatic rings. The number of aromatic nitrogens is 1. The highest BCUT2D eigenvalue weighted by Crippen LogP contribution is 2.47. The molecular formula is C16H20N2O. The molecule has 3 heteroatoms. The van der Waals surface area contributed by atoms with Crippen molar-refractivity contribution >= 4 is 10.9 Å². The maximum Gasteiger partial charge on any atom is 0.109 e. The summed E-state index contributed by atoms with van der Waals surface area (Å²) in [4.78, 5) is 5.89. The first kappa shape index (κ1) is 11.5. The van der Waals surface area contributed by atoms with E-state index < -0.39 is 0 Å². The fourth-order valence-corrected chi connectivity index (χ4v) is 4.23. The second-order valence-electron chi connectivity index (χ2n) is 5.94. The van der Waals surface area contributed by atoms with Gasteiger partial charge in [0, 0.05) is 30.3 Å². The normalized spacial score (nSPS) is 30.5. The summed E-state index contributed by atoms with van der Waals surface area (Å²) in [6.07, 6.45) is 5.59. The first-order valence-electron chi connectivity index (χ1n) is 7.11. The Morgan fingerprint density at radius 2 is 2.32 bits per heavy atom. The lowest BCUT2D eigenvalue weighted by Crippen LogP contribution is -2.56. The number of ether oxygens (including phenoxy) is 1. The second-order valence-corrected chi connectivity index (χ2v) is 5.94. The number of nitrogens with zero attached hydrogens (tertiary/aromatic N) is 1. The number of H-pyrrole nitrogens is 1. The van der Waals surface area contributed by atoms with Gasteiger partial charge in [0.1, 0.15) is 5.60 Å². The first-order valence-corrected chi connectivity index (χ1v) is 7.11. The third-order valence-corrected chi connectivity index (χ3v) is 5.15. The number of fused-ring (bicyclic) bond motifs is 2. The molecule has 0 saturated carbocycles. The summed E-state index contributed by atoms with van der Waals surface area (Å²) in [7, 11) is 4.11. The van der Waals surface area contributed by atoms with Crippen molar-refractivity contribution in [3.63, 3.8) is 0 Å². The van der Waals surface area contributed by atoms with Gasteiger partial charge in [-0.15, -0.1) is 0 Å². The predicted octanol–water partition coefficient (Wildman–Crippen LogP) is 2.66. The van der Waals surface area contributed by atoms with Gasteiger partial charge in [0.2, 0.25) is 0 Å². The summed E-state index contributed by atoms with van der Waals surface area (Å²) in [5.41, 5.74) is 3.95. The Morgan fingerprint density at radius 3 is 3.16 bits per heavy atom. The number of aromatic amines is 1. The van der Waals surface area contributed by atoms with Crippen molar-refractivity contribution in [2.75, 3.05) is 20.7 Å². The van der Waals surface area contributed by atoms with E-state index in [1.54, 1.807) is 0 Å². The maximum absolute atomic E-state index is 6.11. The van der Waals surface area contributed by atoms with Crippen molar-refractivity contribution in [3.05, 3.63) is 35.5 Å². The highest BCUT2D eigenvalue weighted by Gasteiger charge is 2.48. The van der Waals surface area contributed by atoms with Crippen LogP contribution >= 0.6 is 0 Å². The summed E-state index contributed by atoms with van der Waals surface area (Å²) in [6, 6.07) is 7.03. The Labute approximate surface area is 113 Å². The van der Waals surface area contributed by atoms with E-state index in [1.807, 2.05) is 7.11 Å². The van der Waals surface area contributed by atoms with Crippen molar-refractivity contribution in [1.82, 2.24) is 9.88 Å². The number of nitrogens with one attached hydrogen (secondary N) is 1. The number of benzene rings is 1. The number of hydrogen-bond donors (Lipinski definition) is 1. The number of piperidine rings is 1. The standard InChI is InChI=1S/C16H20N2O/c1-18-8-4-7-16(19-2)12-5-3-6-13-15(12)11(10-17-13)9-14(16)18/h3,5-6,10,14,17H,4,7-9H2,1-2H3/t14-,16+/m1/s1. The fourth-order valence-electron chi connectivity index (χ4n) is 4.23. The molecule has 1 aliphatic carbocycles. The van der Waals surface area contributed by atoms with E-state index >= 15 is 0 Å². The summed E-state index contributed by atoms with van der Waals surface area (Å²) in [6.45, 7) is 1.17. The summed E-state index contributed by atoms with van der Waals surface area (Å²) in [5.74, 6) is 0. The lowest BCUT2D eigenvalue weighted by Gasteiger charge is -2.50. The third-order valence-electron chi connectivity index (χ3n) is 5.15. The van der Waals surface area contributed by atoms with Gasteiger partial charge in [-0.2, -0.15) is 0 Å². The molecule has 0 bridgehead atoms. The van der Waals surface area contributed by atoms with E-state index in [4.69, 9.17) is 4.74 Å². The van der Waals surface area contributed by atoms with E-state index in [0.29, 0.717) is 6.04 Å². The molecule has 2 heterocycles. The van der Waals surface area contributed by atoms with Gasteiger partial charge in [-0.05, 0) is 50.0 Å². The molecular weight excluding hydrogens is 236 g/mol. The van der Waals surface area contributed by atoms with Gasteiger partial charge >= 0.3 is 0 Å². The van der Waals surface area contributed by atoms with Crippen LogP contribution in [0.5, 0.6) is 0 Å². The van der Waals surface area contributed by atoms with Gasteiger partial charge in [0.15, 0.2) is 0 Å². The minimum Gasteiger partial charge on any atom is -0.372 e. The summed E-state index contributed by atoms with van der Waals surface area (Å²) in [5, 5.41) is 1.40. The highest BCUT2D eigenvalue weighted by molar-refractivity contribution is 5.88. The Hall–Kier alpha value is -1.32. The lowest BCUT2D eigenvalue weighted by atomic mass is 9.71. The highest BCUT2D eigenvalue weighted by atomic mass is 16.5. The molecule has 19 heavy (non-hydrogen) atoms. The van der Waals surface area contributed by atoms with Gasteiger partial charge in [0.05, 0.1) is 0 Å². The number of hydrogen-bond acceptors (Lipinski definition) is 2. The molecule has 1 aliphatic heterocycles. The van der Waals surface area contributed by atoms with E-state index in [1.165, 1.54) is 35.0 Å². The predicted molar refractivity (Wildman–Crippen MR) is 76.3 cm³/mol. The van der Waals surface area contributed by atoms with Crippen molar-refractivity contribution in [3.8, 4) is 0 Å². The molecule has 0 unspecified atom stereocenters. The van der Waals surface area contributed by atoms with E-state index in [9.17, 15) is 0 Å². The Kier molecular flexibility index (Phi) is 2.32. The van der Waals surface area contributed by atoms with Crippen LogP contribution < -0.4 is 0 Å². The molecule has 0 radical (unpaired) electrons. The Bertz CT molecular complexity index is 633. The minimum atomic E-state index is -0.123. The number of rotatable bonds is 1. The van der Waals surface area contributed by atoms with Crippen LogP contribution in [0.4, 0.5) is 0 Å². The smallest absolute Gasteiger partial charge is 0.109 e. The van der Waals surface area contributed by atoms with Crippen molar-refractivity contribution < 1.29 is 4.74 Å². The van der Waals surface area contributed by atoms with Crippen molar-refractivity contribution in [2.24, 2.45) is 0 Å². The molecule has 3 nitrogen and oxygen atoms in total. The Morgan fingerprint density at radius 1 is 1.42 bits per heavy atom. The molecule has 1 aromatic heterocycles. The molecule has 1 fully saturated rings. The molecule has 0 amide bonds. The average Bonchev–Trinajstić information content (AvgIpc) is 2.85. The molecule has 2 aromatic rings. The SMILES string of the molecule is CO[C@]12CCCN(C)[C@@H]1Cc1c[nH]c3cccc2c13. The summed E-state index contributed by atoms with van der Waals surface area (Å²) < 4.78 is 6.11. The van der Waals surface area contributed by atoms with Gasteiger partial charge in [0.25, 0.3) is 0 Å². The van der Waals surface area contributed by atoms with E-state index in [0.717, 1.165) is 12.8 Å². The van der Waals surface area contributed by atoms with Gasteiger partial charge in [-0.3, -0.25) is 4.90 Å². The van der Waals surface area contributed by atoms with Crippen LogP contribution in [0.3, 0.4) is 0 Å².